The minimum absolute atomic E-state index is 0.0533. The van der Waals surface area contributed by atoms with Crippen LogP contribution >= 0.6 is 0 Å². The smallest absolute Gasteiger partial charge is 0.317 e. The van der Waals surface area contributed by atoms with Gasteiger partial charge in [-0.2, -0.15) is 0 Å². The van der Waals surface area contributed by atoms with Crippen molar-refractivity contribution in [3.05, 3.63) is 0 Å². The Morgan fingerprint density at radius 3 is 2.56 bits per heavy atom. The Labute approximate surface area is 53.7 Å². The van der Waals surface area contributed by atoms with Crippen molar-refractivity contribution >= 4 is 5.97 Å². The number of hydrogen-bond acceptors (Lipinski definition) is 2. The summed E-state index contributed by atoms with van der Waals surface area (Å²) in [6.45, 7) is -0.00167. The summed E-state index contributed by atoms with van der Waals surface area (Å²) in [6.07, 6.45) is 0. The molecule has 0 saturated carbocycles. The lowest BCUT2D eigenvalue weighted by atomic mass is 10.5. The molecule has 0 aliphatic heterocycles. The van der Waals surface area contributed by atoms with Crippen LogP contribution in [0.5, 0.6) is 0 Å². The first-order valence-corrected chi connectivity index (χ1v) is 2.65. The highest BCUT2D eigenvalue weighted by Crippen LogP contribution is 1.78. The van der Waals surface area contributed by atoms with Crippen LogP contribution in [-0.2, 0) is 9.90 Å². The maximum atomic E-state index is 9.94. The molecule has 0 fully saturated rings. The fourth-order valence-corrected chi connectivity index (χ4v) is 0.466. The van der Waals surface area contributed by atoms with Crippen LogP contribution in [0.4, 0.5) is 0 Å². The van der Waals surface area contributed by atoms with Gasteiger partial charge in [0.25, 0.3) is 0 Å². The molecule has 9 heavy (non-hydrogen) atoms. The van der Waals surface area contributed by atoms with Gasteiger partial charge in [-0.3, -0.25) is 9.69 Å². The standard InChI is InChI=1S/C5H10NO3/c1-6(2-3-7)4-5(8)9/h2-4H2,1H3,(H,8,9). The van der Waals surface area contributed by atoms with Crippen LogP contribution < -0.4 is 0 Å². The molecule has 0 aromatic heterocycles. The van der Waals surface area contributed by atoms with E-state index in [1.165, 1.54) is 4.90 Å². The normalized spacial score (nSPS) is 10.1. The molecule has 1 N–H and O–H groups in total. The molecular formula is C5H10NO3. The van der Waals surface area contributed by atoms with E-state index in [0.717, 1.165) is 0 Å². The summed E-state index contributed by atoms with van der Waals surface area (Å²) in [5, 5.41) is 18.1. The molecule has 0 aromatic carbocycles. The number of rotatable bonds is 4. The van der Waals surface area contributed by atoms with Crippen LogP contribution in [0.25, 0.3) is 0 Å². The molecule has 0 bridgehead atoms. The average molecular weight is 132 g/mol. The summed E-state index contributed by atoms with van der Waals surface area (Å²) in [5.41, 5.74) is 0. The molecule has 1 radical (unpaired) electrons. The highest BCUT2D eigenvalue weighted by Gasteiger charge is 2.01. The molecule has 4 heteroatoms. The minimum atomic E-state index is -0.897. The maximum absolute atomic E-state index is 9.94. The minimum Gasteiger partial charge on any atom is -0.480 e. The Morgan fingerprint density at radius 2 is 2.22 bits per heavy atom. The topological polar surface area (TPSA) is 60.4 Å². The summed E-state index contributed by atoms with van der Waals surface area (Å²) in [4.78, 5) is 11.4. The molecule has 0 aliphatic rings. The third kappa shape index (κ3) is 5.26. The number of nitrogens with zero attached hydrogens (tertiary/aromatic N) is 1. The summed E-state index contributed by atoms with van der Waals surface area (Å²) in [6, 6.07) is 0. The summed E-state index contributed by atoms with van der Waals surface area (Å²) in [7, 11) is 1.60. The summed E-state index contributed by atoms with van der Waals surface area (Å²) in [5.74, 6) is -0.897. The molecule has 0 rings (SSSR count). The number of hydrogen-bond donors (Lipinski definition) is 1. The fourth-order valence-electron chi connectivity index (χ4n) is 0.466. The Balaban J connectivity index is 3.26. The van der Waals surface area contributed by atoms with Crippen molar-refractivity contribution in [1.82, 2.24) is 4.90 Å². The van der Waals surface area contributed by atoms with Crippen molar-refractivity contribution in [2.45, 2.75) is 0 Å². The van der Waals surface area contributed by atoms with Gasteiger partial charge in [-0.1, -0.05) is 0 Å². The maximum Gasteiger partial charge on any atom is 0.317 e. The van der Waals surface area contributed by atoms with Crippen molar-refractivity contribution in [3.63, 3.8) is 0 Å². The molecule has 0 aliphatic carbocycles. The fraction of sp³-hybridized carbons (Fsp3) is 0.800. The van der Waals surface area contributed by atoms with E-state index in [1.807, 2.05) is 0 Å². The van der Waals surface area contributed by atoms with Crippen molar-refractivity contribution in [2.75, 3.05) is 26.7 Å². The Morgan fingerprint density at radius 1 is 1.67 bits per heavy atom. The second kappa shape index (κ2) is 4.29. The number of aliphatic carboxylic acids is 1. The van der Waals surface area contributed by atoms with E-state index in [4.69, 9.17) is 5.11 Å². The van der Waals surface area contributed by atoms with E-state index in [9.17, 15) is 9.90 Å². The van der Waals surface area contributed by atoms with Gasteiger partial charge in [0.1, 0.15) is 0 Å². The van der Waals surface area contributed by atoms with Crippen LogP contribution in [-0.4, -0.2) is 42.7 Å². The first kappa shape index (κ1) is 8.39. The number of carbonyl (C=O) groups is 1. The zero-order chi connectivity index (χ0) is 7.28. The Bertz CT molecular complexity index is 94.2. The molecule has 4 nitrogen and oxygen atoms in total. The third-order valence-electron chi connectivity index (χ3n) is 0.878. The number of carboxylic acids is 1. The highest BCUT2D eigenvalue weighted by atomic mass is 16.4. The Kier molecular flexibility index (Phi) is 4.00. The number of likely N-dealkylation sites (N-methyl/N-ethyl adjacent to an activating group) is 1. The van der Waals surface area contributed by atoms with E-state index in [1.54, 1.807) is 7.05 Å². The van der Waals surface area contributed by atoms with Gasteiger partial charge in [0.15, 0.2) is 0 Å². The van der Waals surface area contributed by atoms with Crippen LogP contribution in [0.15, 0.2) is 0 Å². The van der Waals surface area contributed by atoms with Gasteiger partial charge in [-0.25, -0.2) is 5.11 Å². The molecular weight excluding hydrogens is 122 g/mol. The van der Waals surface area contributed by atoms with Crippen LogP contribution in [0.1, 0.15) is 0 Å². The van der Waals surface area contributed by atoms with Gasteiger partial charge in [0, 0.05) is 6.54 Å². The van der Waals surface area contributed by atoms with Crippen molar-refractivity contribution in [1.29, 1.82) is 0 Å². The molecule has 0 unspecified atom stereocenters. The quantitative estimate of drug-likeness (QED) is 0.557. The molecule has 0 spiro atoms. The zero-order valence-electron chi connectivity index (χ0n) is 5.33. The van der Waals surface area contributed by atoms with Gasteiger partial charge in [-0.15, -0.1) is 0 Å². The first-order chi connectivity index (χ1) is 4.16. The van der Waals surface area contributed by atoms with E-state index < -0.39 is 5.97 Å². The second-order valence-electron chi connectivity index (χ2n) is 1.84. The lowest BCUT2D eigenvalue weighted by Crippen LogP contribution is -2.27. The molecule has 53 valence electrons. The van der Waals surface area contributed by atoms with Crippen LogP contribution in [0, 0.1) is 0 Å². The van der Waals surface area contributed by atoms with Crippen LogP contribution in [0.3, 0.4) is 0 Å². The van der Waals surface area contributed by atoms with Gasteiger partial charge in [0.05, 0.1) is 13.2 Å². The van der Waals surface area contributed by atoms with Gasteiger partial charge in [0.2, 0.25) is 0 Å². The molecule has 0 saturated heterocycles. The summed E-state index contributed by atoms with van der Waals surface area (Å²) < 4.78 is 0. The van der Waals surface area contributed by atoms with Crippen molar-refractivity contribution in [2.24, 2.45) is 0 Å². The van der Waals surface area contributed by atoms with Gasteiger partial charge < -0.3 is 5.11 Å². The largest absolute Gasteiger partial charge is 0.480 e. The molecule has 0 atom stereocenters. The molecule has 0 amide bonds. The van der Waals surface area contributed by atoms with Crippen LogP contribution in [0.2, 0.25) is 0 Å². The van der Waals surface area contributed by atoms with Gasteiger partial charge >= 0.3 is 5.97 Å². The predicted molar refractivity (Wildman–Crippen MR) is 30.7 cm³/mol. The van der Waals surface area contributed by atoms with E-state index in [2.05, 4.69) is 0 Å². The SMILES string of the molecule is CN(CC[O])CC(=O)O. The van der Waals surface area contributed by atoms with E-state index >= 15 is 0 Å². The Hall–Kier alpha value is -0.610. The van der Waals surface area contributed by atoms with Crippen molar-refractivity contribution < 1.29 is 15.0 Å². The average Bonchev–Trinajstić information content (AvgIpc) is 1.63. The third-order valence-corrected chi connectivity index (χ3v) is 0.878. The lowest BCUT2D eigenvalue weighted by molar-refractivity contribution is -0.138. The van der Waals surface area contributed by atoms with E-state index in [0.29, 0.717) is 6.54 Å². The van der Waals surface area contributed by atoms with Gasteiger partial charge in [-0.05, 0) is 7.05 Å². The second-order valence-corrected chi connectivity index (χ2v) is 1.84. The lowest BCUT2D eigenvalue weighted by Gasteiger charge is -2.09. The number of carboxylic acid groups (broad SMARTS) is 1. The van der Waals surface area contributed by atoms with E-state index in [-0.39, 0.29) is 13.2 Å². The first-order valence-electron chi connectivity index (χ1n) is 2.65. The monoisotopic (exact) mass is 132 g/mol. The van der Waals surface area contributed by atoms with Crippen molar-refractivity contribution in [3.8, 4) is 0 Å². The molecule has 0 heterocycles. The summed E-state index contributed by atoms with van der Waals surface area (Å²) >= 11 is 0. The highest BCUT2D eigenvalue weighted by molar-refractivity contribution is 5.68. The predicted octanol–water partition coefficient (Wildman–Crippen LogP) is -0.567. The molecule has 0 aromatic rings. The zero-order valence-corrected chi connectivity index (χ0v) is 5.33.